The van der Waals surface area contributed by atoms with Crippen LogP contribution in [0.3, 0.4) is 0 Å². The number of rotatable bonds is 6. The van der Waals surface area contributed by atoms with Crippen molar-refractivity contribution < 1.29 is 4.79 Å². The first kappa shape index (κ1) is 13.4. The average Bonchev–Trinajstić information content (AvgIpc) is 3.16. The number of halogens is 1. The zero-order valence-corrected chi connectivity index (χ0v) is 11.1. The van der Waals surface area contributed by atoms with Crippen molar-refractivity contribution in [1.82, 2.24) is 5.32 Å². The molecule has 1 unspecified atom stereocenters. The molecule has 0 aliphatic heterocycles. The normalized spacial score (nSPS) is 16.3. The van der Waals surface area contributed by atoms with Crippen LogP contribution in [-0.4, -0.2) is 18.5 Å². The third-order valence-corrected chi connectivity index (χ3v) is 3.46. The molecule has 3 nitrogen and oxygen atoms in total. The minimum absolute atomic E-state index is 0.105. The Morgan fingerprint density at radius 2 is 2.06 bits per heavy atom. The molecule has 0 bridgehead atoms. The minimum atomic E-state index is -0.105. The van der Waals surface area contributed by atoms with Gasteiger partial charge in [0.05, 0.1) is 5.92 Å². The highest BCUT2D eigenvalue weighted by Gasteiger charge is 2.27. The van der Waals surface area contributed by atoms with Crippen molar-refractivity contribution in [3.05, 3.63) is 34.9 Å². The van der Waals surface area contributed by atoms with Gasteiger partial charge in [0.15, 0.2) is 0 Å². The number of nitrogens with one attached hydrogen (secondary N) is 1. The van der Waals surface area contributed by atoms with E-state index in [0.717, 1.165) is 31.2 Å². The van der Waals surface area contributed by atoms with E-state index in [1.807, 2.05) is 24.3 Å². The van der Waals surface area contributed by atoms with E-state index in [0.29, 0.717) is 17.6 Å². The Kier molecular flexibility index (Phi) is 4.61. The molecule has 1 amide bonds. The second-order valence-corrected chi connectivity index (χ2v) is 5.25. The van der Waals surface area contributed by atoms with Crippen LogP contribution >= 0.6 is 11.6 Å². The van der Waals surface area contributed by atoms with Crippen LogP contribution in [0, 0.1) is 0 Å². The van der Waals surface area contributed by atoms with Gasteiger partial charge in [-0.3, -0.25) is 4.79 Å². The molecule has 1 fully saturated rings. The standard InChI is InChI=1S/C14H19ClN2O/c15-11-5-3-10(4-6-11)13(2-1-9-16)14(18)17-12-7-8-12/h3-6,12-13H,1-2,7-9,16H2,(H,17,18). The molecule has 0 radical (unpaired) electrons. The summed E-state index contributed by atoms with van der Waals surface area (Å²) in [6.45, 7) is 0.612. The maximum absolute atomic E-state index is 12.2. The lowest BCUT2D eigenvalue weighted by molar-refractivity contribution is -0.122. The van der Waals surface area contributed by atoms with E-state index in [1.165, 1.54) is 0 Å². The molecule has 0 heterocycles. The van der Waals surface area contributed by atoms with Crippen LogP contribution in [0.25, 0.3) is 0 Å². The summed E-state index contributed by atoms with van der Waals surface area (Å²) in [5.41, 5.74) is 6.56. The van der Waals surface area contributed by atoms with Gasteiger partial charge in [-0.15, -0.1) is 0 Å². The average molecular weight is 267 g/mol. The zero-order chi connectivity index (χ0) is 13.0. The lowest BCUT2D eigenvalue weighted by atomic mass is 9.93. The second kappa shape index (κ2) is 6.21. The third kappa shape index (κ3) is 3.72. The molecule has 1 saturated carbocycles. The van der Waals surface area contributed by atoms with Crippen molar-refractivity contribution in [3.8, 4) is 0 Å². The third-order valence-electron chi connectivity index (χ3n) is 3.21. The first-order valence-electron chi connectivity index (χ1n) is 6.46. The number of benzene rings is 1. The van der Waals surface area contributed by atoms with Gasteiger partial charge in [0.1, 0.15) is 0 Å². The molecule has 98 valence electrons. The molecule has 3 N–H and O–H groups in total. The number of nitrogens with two attached hydrogens (primary N) is 1. The second-order valence-electron chi connectivity index (χ2n) is 4.82. The van der Waals surface area contributed by atoms with Crippen LogP contribution in [0.4, 0.5) is 0 Å². The van der Waals surface area contributed by atoms with Crippen molar-refractivity contribution in [2.75, 3.05) is 6.54 Å². The number of carbonyl (C=O) groups is 1. The van der Waals surface area contributed by atoms with Crippen LogP contribution < -0.4 is 11.1 Å². The Bertz CT molecular complexity index is 401. The molecule has 0 saturated heterocycles. The van der Waals surface area contributed by atoms with E-state index >= 15 is 0 Å². The fourth-order valence-electron chi connectivity index (χ4n) is 2.00. The summed E-state index contributed by atoms with van der Waals surface area (Å²) < 4.78 is 0. The molecule has 18 heavy (non-hydrogen) atoms. The molecule has 2 rings (SSSR count). The van der Waals surface area contributed by atoms with Gasteiger partial charge in [0, 0.05) is 11.1 Å². The summed E-state index contributed by atoms with van der Waals surface area (Å²) >= 11 is 5.87. The van der Waals surface area contributed by atoms with Crippen LogP contribution in [0.1, 0.15) is 37.2 Å². The van der Waals surface area contributed by atoms with Gasteiger partial charge in [0.25, 0.3) is 0 Å². The van der Waals surface area contributed by atoms with E-state index in [4.69, 9.17) is 17.3 Å². The number of carbonyl (C=O) groups excluding carboxylic acids is 1. The van der Waals surface area contributed by atoms with Gasteiger partial charge >= 0.3 is 0 Å². The smallest absolute Gasteiger partial charge is 0.227 e. The Labute approximate surface area is 113 Å². The molecule has 1 aromatic carbocycles. The van der Waals surface area contributed by atoms with Crippen molar-refractivity contribution >= 4 is 17.5 Å². The Morgan fingerprint density at radius 1 is 1.39 bits per heavy atom. The van der Waals surface area contributed by atoms with Gasteiger partial charge in [-0.25, -0.2) is 0 Å². The van der Waals surface area contributed by atoms with Gasteiger partial charge in [0.2, 0.25) is 5.91 Å². The van der Waals surface area contributed by atoms with Crippen molar-refractivity contribution in [2.24, 2.45) is 5.73 Å². The van der Waals surface area contributed by atoms with E-state index in [2.05, 4.69) is 5.32 Å². The molecule has 0 aromatic heterocycles. The van der Waals surface area contributed by atoms with Gasteiger partial charge in [-0.2, -0.15) is 0 Å². The molecule has 0 spiro atoms. The van der Waals surface area contributed by atoms with E-state index in [1.54, 1.807) is 0 Å². The summed E-state index contributed by atoms with van der Waals surface area (Å²) in [5.74, 6) is 0.0136. The predicted molar refractivity (Wildman–Crippen MR) is 73.6 cm³/mol. The van der Waals surface area contributed by atoms with Crippen molar-refractivity contribution in [2.45, 2.75) is 37.6 Å². The highest BCUT2D eigenvalue weighted by atomic mass is 35.5. The maximum Gasteiger partial charge on any atom is 0.227 e. The topological polar surface area (TPSA) is 55.1 Å². The summed E-state index contributed by atoms with van der Waals surface area (Å²) in [4.78, 5) is 12.2. The highest BCUT2D eigenvalue weighted by molar-refractivity contribution is 6.30. The molecule has 1 atom stereocenters. The van der Waals surface area contributed by atoms with Crippen LogP contribution in [0.15, 0.2) is 24.3 Å². The van der Waals surface area contributed by atoms with E-state index in [9.17, 15) is 4.79 Å². The first-order valence-corrected chi connectivity index (χ1v) is 6.84. The summed E-state index contributed by atoms with van der Waals surface area (Å²) in [6.07, 6.45) is 3.86. The Balaban J connectivity index is 2.07. The van der Waals surface area contributed by atoms with Gasteiger partial charge in [-0.05, 0) is 49.9 Å². The summed E-state index contributed by atoms with van der Waals surface area (Å²) in [6, 6.07) is 7.91. The molecule has 1 aliphatic rings. The highest BCUT2D eigenvalue weighted by Crippen LogP contribution is 2.26. The molecule has 4 heteroatoms. The first-order chi connectivity index (χ1) is 8.70. The predicted octanol–water partition coefficient (Wildman–Crippen LogP) is 2.44. The Morgan fingerprint density at radius 3 is 2.61 bits per heavy atom. The molecule has 1 aromatic rings. The summed E-state index contributed by atoms with van der Waals surface area (Å²) in [7, 11) is 0. The summed E-state index contributed by atoms with van der Waals surface area (Å²) in [5, 5.41) is 3.76. The molecular formula is C14H19ClN2O. The van der Waals surface area contributed by atoms with Crippen LogP contribution in [0.2, 0.25) is 5.02 Å². The minimum Gasteiger partial charge on any atom is -0.353 e. The van der Waals surface area contributed by atoms with Crippen molar-refractivity contribution in [1.29, 1.82) is 0 Å². The maximum atomic E-state index is 12.2. The Hall–Kier alpha value is -1.06. The fraction of sp³-hybridized carbons (Fsp3) is 0.500. The fourth-order valence-corrected chi connectivity index (χ4v) is 2.12. The van der Waals surface area contributed by atoms with Gasteiger partial charge < -0.3 is 11.1 Å². The number of hydrogen-bond acceptors (Lipinski definition) is 2. The number of amides is 1. The van der Waals surface area contributed by atoms with Gasteiger partial charge in [-0.1, -0.05) is 23.7 Å². The quantitative estimate of drug-likeness (QED) is 0.831. The lowest BCUT2D eigenvalue weighted by Crippen LogP contribution is -2.31. The monoisotopic (exact) mass is 266 g/mol. The van der Waals surface area contributed by atoms with Crippen LogP contribution in [-0.2, 0) is 4.79 Å². The largest absolute Gasteiger partial charge is 0.353 e. The zero-order valence-electron chi connectivity index (χ0n) is 10.4. The van der Waals surface area contributed by atoms with E-state index < -0.39 is 0 Å². The van der Waals surface area contributed by atoms with E-state index in [-0.39, 0.29) is 11.8 Å². The lowest BCUT2D eigenvalue weighted by Gasteiger charge is -2.17. The SMILES string of the molecule is NCCCC(C(=O)NC1CC1)c1ccc(Cl)cc1. The molecule has 1 aliphatic carbocycles. The van der Waals surface area contributed by atoms with Crippen molar-refractivity contribution in [3.63, 3.8) is 0 Å². The molecular weight excluding hydrogens is 248 g/mol. The van der Waals surface area contributed by atoms with Crippen LogP contribution in [0.5, 0.6) is 0 Å². The number of hydrogen-bond donors (Lipinski definition) is 2.